The van der Waals surface area contributed by atoms with Crippen molar-refractivity contribution in [3.63, 3.8) is 0 Å². The van der Waals surface area contributed by atoms with Crippen molar-refractivity contribution < 1.29 is 9.84 Å². The van der Waals surface area contributed by atoms with Crippen LogP contribution in [0.25, 0.3) is 11.1 Å². The molecule has 7 heteroatoms. The van der Waals surface area contributed by atoms with E-state index < -0.39 is 5.60 Å². The molecule has 0 aliphatic carbocycles. The van der Waals surface area contributed by atoms with Crippen molar-refractivity contribution in [1.29, 1.82) is 0 Å². The van der Waals surface area contributed by atoms with Crippen LogP contribution in [0.15, 0.2) is 48.8 Å². The van der Waals surface area contributed by atoms with Crippen LogP contribution in [0.1, 0.15) is 55.3 Å². The first-order chi connectivity index (χ1) is 16.6. The SMILES string of the molecule is Cc1c(-c2ccnc(N)c2)cnc2c1C(CC(C)(C)O)C(c1ccc(OCCCN(C)C)cc1)N2. The van der Waals surface area contributed by atoms with E-state index in [0.29, 0.717) is 18.8 Å². The zero-order chi connectivity index (χ0) is 25.2. The highest BCUT2D eigenvalue weighted by Gasteiger charge is 2.39. The number of nitrogens with two attached hydrogens (primary N) is 1. The molecular formula is C28H37N5O2. The lowest BCUT2D eigenvalue weighted by molar-refractivity contribution is 0.0615. The van der Waals surface area contributed by atoms with Gasteiger partial charge in [-0.05, 0) is 88.7 Å². The van der Waals surface area contributed by atoms with E-state index in [-0.39, 0.29) is 12.0 Å². The Bertz CT molecular complexity index is 1150. The van der Waals surface area contributed by atoms with Gasteiger partial charge in [0.25, 0.3) is 0 Å². The van der Waals surface area contributed by atoms with E-state index in [1.54, 1.807) is 6.20 Å². The number of nitrogen functional groups attached to an aromatic ring is 1. The first kappa shape index (κ1) is 24.9. The van der Waals surface area contributed by atoms with Crippen molar-refractivity contribution in [2.45, 2.75) is 51.2 Å². The normalized spacial score (nSPS) is 17.3. The molecule has 2 atom stereocenters. The Morgan fingerprint density at radius 3 is 2.54 bits per heavy atom. The number of rotatable bonds is 9. The van der Waals surface area contributed by atoms with E-state index in [0.717, 1.165) is 52.4 Å². The summed E-state index contributed by atoms with van der Waals surface area (Å²) in [6.07, 6.45) is 5.20. The number of nitrogens with zero attached hydrogens (tertiary/aromatic N) is 3. The van der Waals surface area contributed by atoms with Crippen LogP contribution >= 0.6 is 0 Å². The average molecular weight is 476 g/mol. The smallest absolute Gasteiger partial charge is 0.130 e. The molecule has 2 unspecified atom stereocenters. The van der Waals surface area contributed by atoms with E-state index in [1.165, 1.54) is 0 Å². The summed E-state index contributed by atoms with van der Waals surface area (Å²) >= 11 is 0. The van der Waals surface area contributed by atoms with Crippen molar-refractivity contribution in [2.24, 2.45) is 0 Å². The van der Waals surface area contributed by atoms with Gasteiger partial charge in [0.15, 0.2) is 0 Å². The molecule has 1 aliphatic heterocycles. The molecule has 35 heavy (non-hydrogen) atoms. The molecule has 1 aromatic carbocycles. The summed E-state index contributed by atoms with van der Waals surface area (Å²) in [6.45, 7) is 7.54. The lowest BCUT2D eigenvalue weighted by Gasteiger charge is -2.28. The Morgan fingerprint density at radius 1 is 1.14 bits per heavy atom. The lowest BCUT2D eigenvalue weighted by atomic mass is 9.80. The van der Waals surface area contributed by atoms with Crippen molar-refractivity contribution in [1.82, 2.24) is 14.9 Å². The van der Waals surface area contributed by atoms with Crippen molar-refractivity contribution in [3.8, 4) is 16.9 Å². The van der Waals surface area contributed by atoms with Crippen LogP contribution in [-0.2, 0) is 0 Å². The number of ether oxygens (including phenoxy) is 1. The van der Waals surface area contributed by atoms with Crippen molar-refractivity contribution in [2.75, 3.05) is 38.3 Å². The van der Waals surface area contributed by atoms with E-state index in [2.05, 4.69) is 48.4 Å². The fraction of sp³-hybridized carbons (Fsp3) is 0.429. The lowest BCUT2D eigenvalue weighted by Crippen LogP contribution is -2.25. The van der Waals surface area contributed by atoms with Crippen LogP contribution in [0, 0.1) is 6.92 Å². The van der Waals surface area contributed by atoms with Crippen LogP contribution in [0.5, 0.6) is 5.75 Å². The van der Waals surface area contributed by atoms with E-state index >= 15 is 0 Å². The predicted molar refractivity (Wildman–Crippen MR) is 142 cm³/mol. The van der Waals surface area contributed by atoms with Crippen molar-refractivity contribution >= 4 is 11.6 Å². The van der Waals surface area contributed by atoms with Crippen LogP contribution in [0.2, 0.25) is 0 Å². The zero-order valence-corrected chi connectivity index (χ0v) is 21.4. The maximum Gasteiger partial charge on any atom is 0.130 e. The first-order valence-electron chi connectivity index (χ1n) is 12.2. The molecule has 3 aromatic rings. The molecule has 0 fully saturated rings. The van der Waals surface area contributed by atoms with Gasteiger partial charge < -0.3 is 25.8 Å². The van der Waals surface area contributed by atoms with Gasteiger partial charge in [-0.3, -0.25) is 0 Å². The van der Waals surface area contributed by atoms with E-state index in [4.69, 9.17) is 15.5 Å². The summed E-state index contributed by atoms with van der Waals surface area (Å²) in [6, 6.07) is 12.1. The summed E-state index contributed by atoms with van der Waals surface area (Å²) < 4.78 is 5.92. The largest absolute Gasteiger partial charge is 0.494 e. The Labute approximate surface area is 208 Å². The van der Waals surface area contributed by atoms with E-state index in [1.807, 2.05) is 44.3 Å². The van der Waals surface area contributed by atoms with Crippen LogP contribution < -0.4 is 15.8 Å². The van der Waals surface area contributed by atoms with Crippen LogP contribution in [0.4, 0.5) is 11.6 Å². The quantitative estimate of drug-likeness (QED) is 0.383. The van der Waals surface area contributed by atoms with Gasteiger partial charge in [-0.15, -0.1) is 0 Å². The number of hydrogen-bond acceptors (Lipinski definition) is 7. The third-order valence-electron chi connectivity index (χ3n) is 6.52. The summed E-state index contributed by atoms with van der Waals surface area (Å²) in [5, 5.41) is 14.4. The predicted octanol–water partition coefficient (Wildman–Crippen LogP) is 4.78. The Hall–Kier alpha value is -3.16. The maximum atomic E-state index is 10.8. The standard InChI is InChI=1S/C28H37N5O2/c1-18-23(20-11-12-30-24(29)15-20)17-31-27-25(18)22(16-28(2,3)34)26(32-27)19-7-9-21(10-8-19)35-14-6-13-33(4)5/h7-12,15,17,22,26,34H,6,13-14,16H2,1-5H3,(H2,29,30)(H,31,32). The monoisotopic (exact) mass is 475 g/mol. The molecule has 2 aromatic heterocycles. The number of nitrogens with one attached hydrogen (secondary N) is 1. The van der Waals surface area contributed by atoms with Gasteiger partial charge in [0.2, 0.25) is 0 Å². The number of benzene rings is 1. The molecule has 0 radical (unpaired) electrons. The fourth-order valence-electron chi connectivity index (χ4n) is 4.92. The number of pyridine rings is 2. The zero-order valence-electron chi connectivity index (χ0n) is 21.4. The second kappa shape index (κ2) is 10.2. The summed E-state index contributed by atoms with van der Waals surface area (Å²) in [5.74, 6) is 2.28. The Morgan fingerprint density at radius 2 is 1.89 bits per heavy atom. The highest BCUT2D eigenvalue weighted by Crippen LogP contribution is 2.49. The molecule has 186 valence electrons. The second-order valence-corrected chi connectivity index (χ2v) is 10.3. The number of anilines is 2. The van der Waals surface area contributed by atoms with E-state index in [9.17, 15) is 5.11 Å². The fourth-order valence-corrected chi connectivity index (χ4v) is 4.92. The second-order valence-electron chi connectivity index (χ2n) is 10.3. The van der Waals surface area contributed by atoms with Gasteiger partial charge in [-0.2, -0.15) is 0 Å². The Kier molecular flexibility index (Phi) is 7.28. The molecule has 0 saturated carbocycles. The minimum atomic E-state index is -0.828. The molecule has 0 spiro atoms. The summed E-state index contributed by atoms with van der Waals surface area (Å²) in [4.78, 5) is 11.1. The third kappa shape index (κ3) is 5.92. The first-order valence-corrected chi connectivity index (χ1v) is 12.2. The molecule has 4 rings (SSSR count). The number of aliphatic hydroxyl groups is 1. The van der Waals surface area contributed by atoms with Gasteiger partial charge in [-0.25, -0.2) is 9.97 Å². The minimum absolute atomic E-state index is 0.00294. The molecule has 7 nitrogen and oxygen atoms in total. The topological polar surface area (TPSA) is 96.5 Å². The number of fused-ring (bicyclic) bond motifs is 1. The molecule has 4 N–H and O–H groups in total. The number of hydrogen-bond donors (Lipinski definition) is 3. The van der Waals surface area contributed by atoms with Crippen LogP contribution in [-0.4, -0.2) is 52.8 Å². The minimum Gasteiger partial charge on any atom is -0.494 e. The van der Waals surface area contributed by atoms with Crippen molar-refractivity contribution in [3.05, 3.63) is 65.5 Å². The van der Waals surface area contributed by atoms with Gasteiger partial charge in [-0.1, -0.05) is 12.1 Å². The molecule has 0 bridgehead atoms. The molecule has 3 heterocycles. The molecule has 1 aliphatic rings. The van der Waals surface area contributed by atoms with Crippen LogP contribution in [0.3, 0.4) is 0 Å². The maximum absolute atomic E-state index is 10.8. The summed E-state index contributed by atoms with van der Waals surface area (Å²) in [7, 11) is 4.13. The molecular weight excluding hydrogens is 438 g/mol. The highest BCUT2D eigenvalue weighted by molar-refractivity contribution is 5.74. The average Bonchev–Trinajstić information content (AvgIpc) is 3.15. The molecule has 0 saturated heterocycles. The van der Waals surface area contributed by atoms with Gasteiger partial charge in [0.05, 0.1) is 18.2 Å². The van der Waals surface area contributed by atoms with Gasteiger partial charge >= 0.3 is 0 Å². The molecule has 0 amide bonds. The third-order valence-corrected chi connectivity index (χ3v) is 6.52. The summed E-state index contributed by atoms with van der Waals surface area (Å²) in [5.41, 5.74) is 10.6. The van der Waals surface area contributed by atoms with Gasteiger partial charge in [0.1, 0.15) is 17.4 Å². The Balaban J connectivity index is 1.62. The highest BCUT2D eigenvalue weighted by atomic mass is 16.5. The number of aromatic nitrogens is 2. The van der Waals surface area contributed by atoms with Gasteiger partial charge in [0, 0.05) is 36.0 Å².